The Morgan fingerprint density at radius 2 is 0.791 bits per heavy atom. The van der Waals surface area contributed by atoms with E-state index in [0.717, 1.165) is 32.1 Å². The van der Waals surface area contributed by atoms with Gasteiger partial charge in [-0.2, -0.15) is 0 Å². The van der Waals surface area contributed by atoms with Crippen molar-refractivity contribution in [2.75, 3.05) is 13.1 Å². The van der Waals surface area contributed by atoms with Gasteiger partial charge in [-0.3, -0.25) is 9.59 Å². The highest BCUT2D eigenvalue weighted by atomic mass is 16.4. The molecule has 0 aliphatic heterocycles. The first-order valence-electron chi connectivity index (χ1n) is 19.3. The molecule has 0 saturated heterocycles. The van der Waals surface area contributed by atoms with Crippen molar-refractivity contribution in [3.63, 3.8) is 0 Å². The third-order valence-electron chi connectivity index (χ3n) is 8.86. The molecule has 0 aromatic rings. The highest BCUT2D eigenvalue weighted by Crippen LogP contribution is 2.15. The van der Waals surface area contributed by atoms with Crippen LogP contribution in [0.1, 0.15) is 213 Å². The Hall–Kier alpha value is -1.32. The Morgan fingerprint density at radius 1 is 0.465 bits per heavy atom. The number of carboxylic acids is 1. The van der Waals surface area contributed by atoms with Crippen LogP contribution >= 0.6 is 0 Å². The summed E-state index contributed by atoms with van der Waals surface area (Å²) in [5, 5.41) is 9.28. The molecule has 0 aromatic carbocycles. The van der Waals surface area contributed by atoms with E-state index in [-0.39, 0.29) is 12.5 Å². The molecule has 43 heavy (non-hydrogen) atoms. The zero-order chi connectivity index (χ0) is 31.5. The summed E-state index contributed by atoms with van der Waals surface area (Å²) < 4.78 is 0. The summed E-state index contributed by atoms with van der Waals surface area (Å²) in [5.41, 5.74) is 0. The molecule has 4 heteroatoms. The number of carbonyl (C=O) groups excluding carboxylic acids is 1. The summed E-state index contributed by atoms with van der Waals surface area (Å²) in [5.74, 6) is -0.874. The van der Waals surface area contributed by atoms with E-state index in [1.807, 2.05) is 0 Å². The molecule has 0 bridgehead atoms. The van der Waals surface area contributed by atoms with E-state index >= 15 is 0 Å². The van der Waals surface area contributed by atoms with Gasteiger partial charge >= 0.3 is 5.97 Å². The fourth-order valence-electron chi connectivity index (χ4n) is 5.99. The first kappa shape index (κ1) is 41.7. The molecule has 1 amide bonds. The smallest absolute Gasteiger partial charge is 0.323 e. The summed E-state index contributed by atoms with van der Waals surface area (Å²) >= 11 is 0. The van der Waals surface area contributed by atoms with Crippen molar-refractivity contribution in [1.82, 2.24) is 4.90 Å². The van der Waals surface area contributed by atoms with Crippen molar-refractivity contribution in [2.45, 2.75) is 213 Å². The summed E-state index contributed by atoms with van der Waals surface area (Å²) in [7, 11) is 0. The minimum absolute atomic E-state index is 0.0246. The molecule has 4 nitrogen and oxygen atoms in total. The Labute approximate surface area is 269 Å². The van der Waals surface area contributed by atoms with Crippen LogP contribution in [-0.2, 0) is 9.59 Å². The molecular formula is C39H75NO3. The second-order valence-corrected chi connectivity index (χ2v) is 13.2. The normalized spacial score (nSPS) is 11.5. The third-order valence-corrected chi connectivity index (χ3v) is 8.86. The summed E-state index contributed by atoms with van der Waals surface area (Å²) in [4.78, 5) is 25.6. The van der Waals surface area contributed by atoms with Gasteiger partial charge in [-0.05, 0) is 38.5 Å². The Balaban J connectivity index is 3.64. The zero-order valence-corrected chi connectivity index (χ0v) is 29.2. The van der Waals surface area contributed by atoms with Crippen molar-refractivity contribution < 1.29 is 14.7 Å². The SMILES string of the molecule is CCCCCCCC/C=C\CCCCCCCC(=O)N(CCCCCCCCCCCCCCCCCCC)CC(=O)O. The zero-order valence-electron chi connectivity index (χ0n) is 29.2. The maximum Gasteiger partial charge on any atom is 0.323 e. The topological polar surface area (TPSA) is 57.6 Å². The molecule has 0 aliphatic rings. The van der Waals surface area contributed by atoms with Gasteiger partial charge in [0.15, 0.2) is 0 Å². The average Bonchev–Trinajstić information content (AvgIpc) is 2.99. The third kappa shape index (κ3) is 33.4. The van der Waals surface area contributed by atoms with Gasteiger partial charge in [-0.15, -0.1) is 0 Å². The van der Waals surface area contributed by atoms with Gasteiger partial charge in [0.1, 0.15) is 6.54 Å². The number of carbonyl (C=O) groups is 2. The predicted molar refractivity (Wildman–Crippen MR) is 188 cm³/mol. The molecule has 0 atom stereocenters. The van der Waals surface area contributed by atoms with E-state index in [0.29, 0.717) is 13.0 Å². The van der Waals surface area contributed by atoms with Gasteiger partial charge in [0.25, 0.3) is 0 Å². The second-order valence-electron chi connectivity index (χ2n) is 13.2. The van der Waals surface area contributed by atoms with Crippen LogP contribution in [0.25, 0.3) is 0 Å². The van der Waals surface area contributed by atoms with Gasteiger partial charge in [-0.25, -0.2) is 0 Å². The molecule has 0 fully saturated rings. The van der Waals surface area contributed by atoms with E-state index in [1.165, 1.54) is 161 Å². The molecule has 0 heterocycles. The lowest BCUT2D eigenvalue weighted by Gasteiger charge is -2.20. The molecule has 0 aliphatic carbocycles. The van der Waals surface area contributed by atoms with E-state index in [2.05, 4.69) is 26.0 Å². The van der Waals surface area contributed by atoms with Crippen molar-refractivity contribution in [3.8, 4) is 0 Å². The lowest BCUT2D eigenvalue weighted by atomic mass is 10.0. The Bertz CT molecular complexity index is 618. The van der Waals surface area contributed by atoms with Crippen LogP contribution in [0.2, 0.25) is 0 Å². The molecule has 0 radical (unpaired) electrons. The van der Waals surface area contributed by atoms with Gasteiger partial charge in [0.05, 0.1) is 0 Å². The first-order valence-corrected chi connectivity index (χ1v) is 19.3. The van der Waals surface area contributed by atoms with E-state index < -0.39 is 5.97 Å². The highest BCUT2D eigenvalue weighted by Gasteiger charge is 2.15. The largest absolute Gasteiger partial charge is 0.480 e. The Kier molecular flexibility index (Phi) is 34.1. The minimum atomic E-state index is -0.898. The maximum absolute atomic E-state index is 12.7. The van der Waals surface area contributed by atoms with Crippen LogP contribution in [0, 0.1) is 0 Å². The molecule has 0 saturated carbocycles. The summed E-state index contributed by atoms with van der Waals surface area (Å²) in [6, 6.07) is 0. The van der Waals surface area contributed by atoms with E-state index in [9.17, 15) is 14.7 Å². The van der Waals surface area contributed by atoms with Gasteiger partial charge < -0.3 is 10.0 Å². The number of hydrogen-bond acceptors (Lipinski definition) is 2. The second kappa shape index (κ2) is 35.2. The van der Waals surface area contributed by atoms with Gasteiger partial charge in [0.2, 0.25) is 5.91 Å². The minimum Gasteiger partial charge on any atom is -0.480 e. The van der Waals surface area contributed by atoms with Crippen LogP contribution in [0.15, 0.2) is 12.2 Å². The van der Waals surface area contributed by atoms with Crippen LogP contribution in [0.3, 0.4) is 0 Å². The number of unbranched alkanes of at least 4 members (excludes halogenated alkanes) is 27. The quantitative estimate of drug-likeness (QED) is 0.0577. The number of hydrogen-bond donors (Lipinski definition) is 1. The first-order chi connectivity index (χ1) is 21.1. The lowest BCUT2D eigenvalue weighted by molar-refractivity contribution is -0.144. The van der Waals surface area contributed by atoms with Crippen molar-refractivity contribution in [1.29, 1.82) is 0 Å². The molecule has 0 unspecified atom stereocenters. The molecule has 254 valence electrons. The number of carboxylic acid groups (broad SMARTS) is 1. The molecule has 0 aromatic heterocycles. The average molecular weight is 606 g/mol. The van der Waals surface area contributed by atoms with Gasteiger partial charge in [0, 0.05) is 13.0 Å². The maximum atomic E-state index is 12.7. The standard InChI is InChI=1S/C39H75NO3/c1-3-5-7-9-11-13-15-17-19-20-22-24-26-28-30-32-34-36-40(37-39(42)43)38(41)35-33-31-29-27-25-23-21-18-16-14-12-10-8-6-4-2/h18,21H,3-17,19-20,22-37H2,1-2H3,(H,42,43)/b21-18-. The van der Waals surface area contributed by atoms with Crippen molar-refractivity contribution >= 4 is 11.9 Å². The van der Waals surface area contributed by atoms with E-state index in [1.54, 1.807) is 4.90 Å². The van der Waals surface area contributed by atoms with Crippen molar-refractivity contribution in [2.24, 2.45) is 0 Å². The lowest BCUT2D eigenvalue weighted by Crippen LogP contribution is -2.36. The molecular weight excluding hydrogens is 530 g/mol. The highest BCUT2D eigenvalue weighted by molar-refractivity contribution is 5.81. The van der Waals surface area contributed by atoms with Crippen LogP contribution in [-0.4, -0.2) is 35.0 Å². The predicted octanol–water partition coefficient (Wildman–Crippen LogP) is 12.6. The molecule has 1 N–H and O–H groups in total. The fourth-order valence-corrected chi connectivity index (χ4v) is 5.99. The van der Waals surface area contributed by atoms with Crippen LogP contribution in [0.5, 0.6) is 0 Å². The molecule has 0 rings (SSSR count). The van der Waals surface area contributed by atoms with E-state index in [4.69, 9.17) is 0 Å². The number of amides is 1. The Morgan fingerprint density at radius 3 is 1.16 bits per heavy atom. The van der Waals surface area contributed by atoms with Gasteiger partial charge in [-0.1, -0.05) is 180 Å². The van der Waals surface area contributed by atoms with Crippen LogP contribution < -0.4 is 0 Å². The fraction of sp³-hybridized carbons (Fsp3) is 0.897. The number of aliphatic carboxylic acids is 1. The van der Waals surface area contributed by atoms with Crippen LogP contribution in [0.4, 0.5) is 0 Å². The number of rotatable bonds is 35. The summed E-state index contributed by atoms with van der Waals surface area (Å²) in [6.45, 7) is 4.99. The summed E-state index contributed by atoms with van der Waals surface area (Å²) in [6.07, 6.45) is 43.9. The number of nitrogens with zero attached hydrogens (tertiary/aromatic N) is 1. The monoisotopic (exact) mass is 606 g/mol. The van der Waals surface area contributed by atoms with Crippen molar-refractivity contribution in [3.05, 3.63) is 12.2 Å². The number of allylic oxidation sites excluding steroid dienone is 2. The molecule has 0 spiro atoms.